The van der Waals surface area contributed by atoms with Crippen LogP contribution in [-0.4, -0.2) is 30.0 Å². The van der Waals surface area contributed by atoms with Crippen molar-refractivity contribution in [3.8, 4) is 0 Å². The summed E-state index contributed by atoms with van der Waals surface area (Å²) in [5.74, 6) is -7.60. The first-order chi connectivity index (χ1) is 7.66. The van der Waals surface area contributed by atoms with Crippen molar-refractivity contribution in [3.63, 3.8) is 0 Å². The predicted molar refractivity (Wildman–Crippen MR) is 51.8 cm³/mol. The number of hydrogen-bond acceptors (Lipinski definition) is 2. The highest BCUT2D eigenvalue weighted by molar-refractivity contribution is 7.09. The normalized spacial score (nSPS) is 12.6. The minimum atomic E-state index is -5.87. The summed E-state index contributed by atoms with van der Waals surface area (Å²) < 4.78 is 61.2. The number of thiophene rings is 1. The van der Waals surface area contributed by atoms with Crippen molar-refractivity contribution in [2.45, 2.75) is 18.6 Å². The molecule has 0 aromatic carbocycles. The van der Waals surface area contributed by atoms with Crippen LogP contribution in [0.25, 0.3) is 0 Å². The third-order valence-corrected chi connectivity index (χ3v) is 2.81. The summed E-state index contributed by atoms with van der Waals surface area (Å²) in [4.78, 5) is 11.9. The molecular weight excluding hydrogens is 265 g/mol. The largest absolute Gasteiger partial charge is 0.463 e. The summed E-state index contributed by atoms with van der Waals surface area (Å²) in [5, 5.41) is 1.63. The van der Waals surface area contributed by atoms with Gasteiger partial charge in [-0.2, -0.15) is 22.0 Å². The topological polar surface area (TPSA) is 20.3 Å². The van der Waals surface area contributed by atoms with Gasteiger partial charge in [0.25, 0.3) is 0 Å². The fraction of sp³-hybridized carbons (Fsp3) is 0.444. The Labute approximate surface area is 97.6 Å². The molecule has 1 rings (SSSR count). The quantitative estimate of drug-likeness (QED) is 0.775. The van der Waals surface area contributed by atoms with Crippen molar-refractivity contribution < 1.29 is 26.7 Å². The van der Waals surface area contributed by atoms with Gasteiger partial charge in [-0.25, -0.2) is 0 Å². The van der Waals surface area contributed by atoms with Gasteiger partial charge >= 0.3 is 18.0 Å². The van der Waals surface area contributed by atoms with Crippen LogP contribution in [0.2, 0.25) is 0 Å². The summed E-state index contributed by atoms with van der Waals surface area (Å²) in [5.41, 5.74) is 0. The van der Waals surface area contributed by atoms with Crippen molar-refractivity contribution in [2.75, 3.05) is 7.05 Å². The maximum absolute atomic E-state index is 12.7. The molecule has 1 amide bonds. The van der Waals surface area contributed by atoms with Gasteiger partial charge in [0.15, 0.2) is 0 Å². The van der Waals surface area contributed by atoms with Crippen LogP contribution >= 0.6 is 11.3 Å². The zero-order chi connectivity index (χ0) is 13.3. The number of amides is 1. The second kappa shape index (κ2) is 4.59. The number of halogens is 5. The SMILES string of the molecule is CN(Cc1cccs1)C(=O)C(F)(F)C(F)(F)F. The Balaban J connectivity index is 2.76. The Bertz CT molecular complexity index is 387. The molecule has 1 aromatic rings. The summed E-state index contributed by atoms with van der Waals surface area (Å²) in [6.45, 7) is -0.276. The van der Waals surface area contributed by atoms with Crippen LogP contribution in [-0.2, 0) is 11.3 Å². The number of alkyl halides is 5. The number of nitrogens with zero attached hydrogens (tertiary/aromatic N) is 1. The van der Waals surface area contributed by atoms with Gasteiger partial charge in [0.1, 0.15) is 0 Å². The molecule has 17 heavy (non-hydrogen) atoms. The molecule has 0 radical (unpaired) electrons. The first-order valence-corrected chi connectivity index (χ1v) is 5.26. The van der Waals surface area contributed by atoms with E-state index in [-0.39, 0.29) is 6.54 Å². The van der Waals surface area contributed by atoms with Gasteiger partial charge in [-0.1, -0.05) is 6.07 Å². The van der Waals surface area contributed by atoms with Gasteiger partial charge in [0, 0.05) is 11.9 Å². The monoisotopic (exact) mass is 273 g/mol. The van der Waals surface area contributed by atoms with Crippen LogP contribution in [0.3, 0.4) is 0 Å². The number of rotatable bonds is 3. The lowest BCUT2D eigenvalue weighted by atomic mass is 10.2. The molecule has 0 fully saturated rings. The molecule has 0 atom stereocenters. The lowest BCUT2D eigenvalue weighted by Gasteiger charge is -2.24. The average Bonchev–Trinajstić information content (AvgIpc) is 2.67. The summed E-state index contributed by atoms with van der Waals surface area (Å²) >= 11 is 1.17. The second-order valence-electron chi connectivity index (χ2n) is 3.31. The Morgan fingerprint density at radius 3 is 2.35 bits per heavy atom. The van der Waals surface area contributed by atoms with E-state index in [4.69, 9.17) is 0 Å². The third-order valence-electron chi connectivity index (χ3n) is 1.94. The minimum absolute atomic E-state index is 0.276. The Morgan fingerprint density at radius 1 is 1.35 bits per heavy atom. The van der Waals surface area contributed by atoms with Crippen LogP contribution in [0.5, 0.6) is 0 Å². The molecular formula is C9H8F5NOS. The lowest BCUT2D eigenvalue weighted by Crippen LogP contribution is -2.50. The Morgan fingerprint density at radius 2 is 1.94 bits per heavy atom. The van der Waals surface area contributed by atoms with Crippen LogP contribution in [0, 0.1) is 0 Å². The van der Waals surface area contributed by atoms with Gasteiger partial charge in [0.05, 0.1) is 6.54 Å². The van der Waals surface area contributed by atoms with Gasteiger partial charge in [-0.05, 0) is 11.4 Å². The summed E-state index contributed by atoms with van der Waals surface area (Å²) in [6, 6.07) is 3.15. The maximum Gasteiger partial charge on any atom is 0.463 e. The molecule has 0 unspecified atom stereocenters. The zero-order valence-corrected chi connectivity index (χ0v) is 9.41. The number of carbonyl (C=O) groups is 1. The van der Waals surface area contributed by atoms with E-state index in [1.54, 1.807) is 17.5 Å². The molecule has 0 bridgehead atoms. The van der Waals surface area contributed by atoms with Gasteiger partial charge in [-0.3, -0.25) is 4.79 Å². The molecule has 0 spiro atoms. The van der Waals surface area contributed by atoms with Gasteiger partial charge < -0.3 is 4.90 Å². The van der Waals surface area contributed by atoms with Crippen molar-refractivity contribution in [1.82, 2.24) is 4.90 Å². The number of carbonyl (C=O) groups excluding carboxylic acids is 1. The highest BCUT2D eigenvalue weighted by Crippen LogP contribution is 2.36. The molecule has 96 valence electrons. The van der Waals surface area contributed by atoms with Crippen LogP contribution in [0.15, 0.2) is 17.5 Å². The molecule has 0 aliphatic carbocycles. The fourth-order valence-corrected chi connectivity index (χ4v) is 1.83. The standard InChI is InChI=1S/C9H8F5NOS/c1-15(5-6-3-2-4-17-6)7(16)8(10,11)9(12,13)14/h2-4H,5H2,1H3. The zero-order valence-electron chi connectivity index (χ0n) is 8.59. The van der Waals surface area contributed by atoms with Gasteiger partial charge in [0.2, 0.25) is 0 Å². The van der Waals surface area contributed by atoms with Crippen molar-refractivity contribution in [3.05, 3.63) is 22.4 Å². The van der Waals surface area contributed by atoms with Crippen LogP contribution in [0.4, 0.5) is 22.0 Å². The highest BCUT2D eigenvalue weighted by atomic mass is 32.1. The highest BCUT2D eigenvalue weighted by Gasteiger charge is 2.64. The summed E-state index contributed by atoms with van der Waals surface area (Å²) in [6.07, 6.45) is -5.87. The van der Waals surface area contributed by atoms with Crippen molar-refractivity contribution in [2.24, 2.45) is 0 Å². The molecule has 2 nitrogen and oxygen atoms in total. The second-order valence-corrected chi connectivity index (χ2v) is 4.34. The summed E-state index contributed by atoms with van der Waals surface area (Å²) in [7, 11) is 0.904. The smallest absolute Gasteiger partial charge is 0.335 e. The van der Waals surface area contributed by atoms with E-state index in [0.29, 0.717) is 9.78 Å². The Kier molecular flexibility index (Phi) is 3.75. The predicted octanol–water partition coefficient (Wildman–Crippen LogP) is 2.90. The van der Waals surface area contributed by atoms with Crippen LogP contribution < -0.4 is 0 Å². The maximum atomic E-state index is 12.7. The van der Waals surface area contributed by atoms with E-state index in [0.717, 1.165) is 7.05 Å². The van der Waals surface area contributed by atoms with E-state index >= 15 is 0 Å². The molecule has 0 N–H and O–H groups in total. The van der Waals surface area contributed by atoms with Crippen LogP contribution in [0.1, 0.15) is 4.88 Å². The molecule has 8 heteroatoms. The lowest BCUT2D eigenvalue weighted by molar-refractivity contribution is -0.274. The van der Waals surface area contributed by atoms with Crippen molar-refractivity contribution >= 4 is 17.2 Å². The number of hydrogen-bond donors (Lipinski definition) is 0. The molecule has 0 aliphatic rings. The molecule has 1 aromatic heterocycles. The van der Waals surface area contributed by atoms with E-state index < -0.39 is 18.0 Å². The average molecular weight is 273 g/mol. The first kappa shape index (κ1) is 13.9. The minimum Gasteiger partial charge on any atom is -0.335 e. The molecule has 0 saturated heterocycles. The van der Waals surface area contributed by atoms with E-state index in [1.807, 2.05) is 0 Å². The Hall–Kier alpha value is -1.18. The van der Waals surface area contributed by atoms with E-state index in [9.17, 15) is 26.7 Å². The first-order valence-electron chi connectivity index (χ1n) is 4.38. The van der Waals surface area contributed by atoms with Gasteiger partial charge in [-0.15, -0.1) is 11.3 Å². The molecule has 0 aliphatic heterocycles. The van der Waals surface area contributed by atoms with Crippen molar-refractivity contribution in [1.29, 1.82) is 0 Å². The fourth-order valence-electron chi connectivity index (χ4n) is 1.07. The van der Waals surface area contributed by atoms with E-state index in [1.165, 1.54) is 11.3 Å². The molecule has 0 saturated carbocycles. The van der Waals surface area contributed by atoms with E-state index in [2.05, 4.69) is 0 Å². The third kappa shape index (κ3) is 2.93. The molecule has 1 heterocycles.